The normalized spacial score (nSPS) is 11.3. The largest absolute Gasteiger partial charge is 0.465 e. The molecule has 0 aromatic carbocycles. The first kappa shape index (κ1) is 11.4. The Morgan fingerprint density at radius 3 is 2.42 bits per heavy atom. The van der Waals surface area contributed by atoms with Crippen molar-refractivity contribution in [3.63, 3.8) is 0 Å². The zero-order valence-corrected chi connectivity index (χ0v) is 8.14. The van der Waals surface area contributed by atoms with E-state index in [1.807, 2.05) is 20.8 Å². The zero-order chi connectivity index (χ0) is 9.61. The fourth-order valence-electron chi connectivity index (χ4n) is 0.524. The van der Waals surface area contributed by atoms with Crippen LogP contribution in [0.25, 0.3) is 0 Å². The van der Waals surface area contributed by atoms with Crippen molar-refractivity contribution in [1.82, 2.24) is 5.48 Å². The van der Waals surface area contributed by atoms with Crippen LogP contribution in [0.15, 0.2) is 0 Å². The number of hydrogen-bond donors (Lipinski definition) is 1. The van der Waals surface area contributed by atoms with Gasteiger partial charge in [-0.25, -0.2) is 0 Å². The zero-order valence-electron chi connectivity index (χ0n) is 8.14. The second-order valence-corrected chi connectivity index (χ2v) is 3.34. The molecule has 0 heterocycles. The van der Waals surface area contributed by atoms with Crippen molar-refractivity contribution in [2.24, 2.45) is 0 Å². The average molecular weight is 175 g/mol. The molecule has 0 aliphatic rings. The molecule has 0 bridgehead atoms. The van der Waals surface area contributed by atoms with Crippen molar-refractivity contribution in [3.05, 3.63) is 0 Å². The lowest BCUT2D eigenvalue weighted by Gasteiger charge is -2.18. The number of nitrogens with one attached hydrogen (secondary N) is 1. The van der Waals surface area contributed by atoms with Crippen LogP contribution in [0, 0.1) is 0 Å². The van der Waals surface area contributed by atoms with Crippen LogP contribution in [-0.4, -0.2) is 24.7 Å². The minimum Gasteiger partial charge on any atom is -0.465 e. The molecule has 0 aliphatic carbocycles. The Balaban J connectivity index is 3.37. The highest BCUT2D eigenvalue weighted by atomic mass is 16.7. The predicted molar refractivity (Wildman–Crippen MR) is 45.5 cm³/mol. The standard InChI is InChI=1S/C8H17NO3/c1-5-11-7(10)6-9-12-8(2,3)4/h9H,5-6H2,1-4H3. The van der Waals surface area contributed by atoms with E-state index >= 15 is 0 Å². The van der Waals surface area contributed by atoms with Crippen LogP contribution < -0.4 is 5.48 Å². The maximum Gasteiger partial charge on any atom is 0.322 e. The number of carbonyl (C=O) groups excluding carboxylic acids is 1. The molecule has 0 atom stereocenters. The number of rotatable bonds is 4. The summed E-state index contributed by atoms with van der Waals surface area (Å²) >= 11 is 0. The van der Waals surface area contributed by atoms with Crippen molar-refractivity contribution in [2.75, 3.05) is 13.2 Å². The Hall–Kier alpha value is -0.610. The molecule has 12 heavy (non-hydrogen) atoms. The third-order valence-electron chi connectivity index (χ3n) is 0.900. The van der Waals surface area contributed by atoms with Gasteiger partial charge in [0.25, 0.3) is 0 Å². The molecular weight excluding hydrogens is 158 g/mol. The van der Waals surface area contributed by atoms with Crippen molar-refractivity contribution < 1.29 is 14.4 Å². The Bertz CT molecular complexity index is 140. The summed E-state index contributed by atoms with van der Waals surface area (Å²) in [5, 5.41) is 0. The van der Waals surface area contributed by atoms with E-state index in [2.05, 4.69) is 10.2 Å². The van der Waals surface area contributed by atoms with Crippen LogP contribution in [0.1, 0.15) is 27.7 Å². The molecule has 0 saturated heterocycles. The molecule has 0 rings (SSSR count). The molecule has 0 aliphatic heterocycles. The molecule has 0 aromatic rings. The quantitative estimate of drug-likeness (QED) is 0.508. The minimum atomic E-state index is -0.304. The van der Waals surface area contributed by atoms with Gasteiger partial charge in [-0.1, -0.05) is 0 Å². The van der Waals surface area contributed by atoms with Gasteiger partial charge in [0, 0.05) is 0 Å². The molecule has 1 N–H and O–H groups in total. The Kier molecular flexibility index (Phi) is 4.85. The van der Waals surface area contributed by atoms with Gasteiger partial charge in [0.1, 0.15) is 6.54 Å². The molecule has 0 fully saturated rings. The van der Waals surface area contributed by atoms with Crippen LogP contribution in [-0.2, 0) is 14.4 Å². The molecule has 0 saturated carbocycles. The van der Waals surface area contributed by atoms with Crippen molar-refractivity contribution in [3.8, 4) is 0 Å². The van der Waals surface area contributed by atoms with Crippen LogP contribution in [0.2, 0.25) is 0 Å². The first-order valence-corrected chi connectivity index (χ1v) is 4.02. The van der Waals surface area contributed by atoms with E-state index < -0.39 is 0 Å². The Labute approximate surface area is 73.2 Å². The number of ether oxygens (including phenoxy) is 1. The van der Waals surface area contributed by atoms with Crippen molar-refractivity contribution in [1.29, 1.82) is 0 Å². The molecule has 4 heteroatoms. The summed E-state index contributed by atoms with van der Waals surface area (Å²) < 4.78 is 4.68. The maximum atomic E-state index is 10.8. The van der Waals surface area contributed by atoms with E-state index in [1.54, 1.807) is 6.92 Å². The smallest absolute Gasteiger partial charge is 0.322 e. The van der Waals surface area contributed by atoms with E-state index in [4.69, 9.17) is 4.84 Å². The molecule has 72 valence electrons. The average Bonchev–Trinajstić information content (AvgIpc) is 1.84. The molecular formula is C8H17NO3. The molecule has 0 amide bonds. The summed E-state index contributed by atoms with van der Waals surface area (Å²) in [7, 11) is 0. The van der Waals surface area contributed by atoms with Gasteiger partial charge in [-0.15, -0.1) is 0 Å². The van der Waals surface area contributed by atoms with Gasteiger partial charge < -0.3 is 4.74 Å². The highest BCUT2D eigenvalue weighted by molar-refractivity contribution is 5.71. The summed E-state index contributed by atoms with van der Waals surface area (Å²) in [4.78, 5) is 15.9. The van der Waals surface area contributed by atoms with Gasteiger partial charge in [-0.2, -0.15) is 5.48 Å². The van der Waals surface area contributed by atoms with Gasteiger partial charge in [0.15, 0.2) is 0 Å². The number of hydrogen-bond acceptors (Lipinski definition) is 4. The molecule has 0 spiro atoms. The number of esters is 1. The van der Waals surface area contributed by atoms with Gasteiger partial charge in [0.2, 0.25) is 0 Å². The predicted octanol–water partition coefficient (Wildman–Crippen LogP) is 0.869. The fraction of sp³-hybridized carbons (Fsp3) is 0.875. The van der Waals surface area contributed by atoms with Gasteiger partial charge in [-0.3, -0.25) is 9.63 Å². The summed E-state index contributed by atoms with van der Waals surface area (Å²) in [5.41, 5.74) is 2.25. The second kappa shape index (κ2) is 5.11. The third kappa shape index (κ3) is 7.50. The molecule has 0 radical (unpaired) electrons. The lowest BCUT2D eigenvalue weighted by Crippen LogP contribution is -2.33. The molecule has 0 unspecified atom stereocenters. The highest BCUT2D eigenvalue weighted by Crippen LogP contribution is 2.02. The maximum absolute atomic E-state index is 10.8. The molecule has 0 aromatic heterocycles. The van der Waals surface area contributed by atoms with Crippen molar-refractivity contribution in [2.45, 2.75) is 33.3 Å². The molecule has 4 nitrogen and oxygen atoms in total. The third-order valence-corrected chi connectivity index (χ3v) is 0.900. The Morgan fingerprint density at radius 2 is 2.00 bits per heavy atom. The summed E-state index contributed by atoms with van der Waals surface area (Å²) in [6.07, 6.45) is 0. The first-order chi connectivity index (χ1) is 5.45. The van der Waals surface area contributed by atoms with Gasteiger partial charge in [-0.05, 0) is 27.7 Å². The van der Waals surface area contributed by atoms with E-state index in [1.165, 1.54) is 0 Å². The SMILES string of the molecule is CCOC(=O)CNOC(C)(C)C. The number of hydroxylamine groups is 1. The van der Waals surface area contributed by atoms with Crippen LogP contribution in [0.3, 0.4) is 0 Å². The monoisotopic (exact) mass is 175 g/mol. The van der Waals surface area contributed by atoms with E-state index in [0.29, 0.717) is 6.61 Å². The summed E-state index contributed by atoms with van der Waals surface area (Å²) in [6, 6.07) is 0. The Morgan fingerprint density at radius 1 is 1.42 bits per heavy atom. The van der Waals surface area contributed by atoms with Crippen LogP contribution in [0.5, 0.6) is 0 Å². The van der Waals surface area contributed by atoms with Gasteiger partial charge in [0.05, 0.1) is 12.2 Å². The minimum absolute atomic E-state index is 0.0884. The summed E-state index contributed by atoms with van der Waals surface area (Å²) in [6.45, 7) is 7.94. The van der Waals surface area contributed by atoms with Gasteiger partial charge >= 0.3 is 5.97 Å². The summed E-state index contributed by atoms with van der Waals surface area (Å²) in [5.74, 6) is -0.304. The topological polar surface area (TPSA) is 47.6 Å². The van der Waals surface area contributed by atoms with E-state index in [9.17, 15) is 4.79 Å². The van der Waals surface area contributed by atoms with Crippen LogP contribution >= 0.6 is 0 Å². The van der Waals surface area contributed by atoms with Crippen molar-refractivity contribution >= 4 is 5.97 Å². The first-order valence-electron chi connectivity index (χ1n) is 4.02. The van der Waals surface area contributed by atoms with E-state index in [0.717, 1.165) is 0 Å². The van der Waals surface area contributed by atoms with Crippen LogP contribution in [0.4, 0.5) is 0 Å². The number of carbonyl (C=O) groups is 1. The fourth-order valence-corrected chi connectivity index (χ4v) is 0.524. The lowest BCUT2D eigenvalue weighted by atomic mass is 10.2. The van der Waals surface area contributed by atoms with E-state index in [-0.39, 0.29) is 18.1 Å². The highest BCUT2D eigenvalue weighted by Gasteiger charge is 2.11. The lowest BCUT2D eigenvalue weighted by molar-refractivity contribution is -0.148. The second-order valence-electron chi connectivity index (χ2n) is 3.34.